The molecule has 0 aromatic heterocycles. The highest BCUT2D eigenvalue weighted by atomic mass is 16.5. The monoisotopic (exact) mass is 396 g/mol. The van der Waals surface area contributed by atoms with E-state index in [0.29, 0.717) is 43.9 Å². The second-order valence-electron chi connectivity index (χ2n) is 7.27. The largest absolute Gasteiger partial charge is 0.493 e. The molecule has 0 bridgehead atoms. The number of ether oxygens (including phenoxy) is 2. The van der Waals surface area contributed by atoms with Crippen LogP contribution in [0.15, 0.2) is 48.5 Å². The van der Waals surface area contributed by atoms with Gasteiger partial charge in [0, 0.05) is 13.1 Å². The van der Waals surface area contributed by atoms with Crippen LogP contribution in [0.4, 0.5) is 0 Å². The minimum atomic E-state index is -0.895. The summed E-state index contributed by atoms with van der Waals surface area (Å²) >= 11 is 0. The van der Waals surface area contributed by atoms with E-state index in [2.05, 4.69) is 10.6 Å². The number of benzene rings is 2. The van der Waals surface area contributed by atoms with Gasteiger partial charge in [-0.05, 0) is 48.9 Å². The molecule has 6 heteroatoms. The minimum absolute atomic E-state index is 0.169. The lowest BCUT2D eigenvalue weighted by Gasteiger charge is -2.16. The number of nitrogens with one attached hydrogen (secondary N) is 2. The van der Waals surface area contributed by atoms with Crippen molar-refractivity contribution in [2.75, 3.05) is 27.3 Å². The van der Waals surface area contributed by atoms with Crippen molar-refractivity contribution in [1.82, 2.24) is 10.6 Å². The lowest BCUT2D eigenvalue weighted by molar-refractivity contribution is -0.137. The molecule has 0 saturated heterocycles. The van der Waals surface area contributed by atoms with E-state index >= 15 is 0 Å². The molecule has 3 rings (SSSR count). The van der Waals surface area contributed by atoms with Crippen LogP contribution in [0.5, 0.6) is 11.5 Å². The average Bonchev–Trinajstić information content (AvgIpc) is 3.56. The highest BCUT2D eigenvalue weighted by Crippen LogP contribution is 2.46. The summed E-state index contributed by atoms with van der Waals surface area (Å²) in [6.45, 7) is 0.997. The Morgan fingerprint density at radius 2 is 1.41 bits per heavy atom. The number of rotatable bonds is 10. The van der Waals surface area contributed by atoms with Crippen LogP contribution in [0.1, 0.15) is 24.0 Å². The third kappa shape index (κ3) is 5.08. The van der Waals surface area contributed by atoms with Gasteiger partial charge in [-0.15, -0.1) is 0 Å². The molecule has 1 aliphatic rings. The molecule has 6 nitrogen and oxygen atoms in total. The van der Waals surface area contributed by atoms with E-state index in [9.17, 15) is 9.59 Å². The highest BCUT2D eigenvalue weighted by Gasteiger charge is 2.56. The van der Waals surface area contributed by atoms with Crippen LogP contribution in [-0.2, 0) is 22.4 Å². The van der Waals surface area contributed by atoms with E-state index < -0.39 is 5.41 Å². The van der Waals surface area contributed by atoms with Crippen molar-refractivity contribution < 1.29 is 19.1 Å². The summed E-state index contributed by atoms with van der Waals surface area (Å²) in [5, 5.41) is 5.84. The molecule has 1 aliphatic carbocycles. The fraction of sp³-hybridized carbons (Fsp3) is 0.391. The zero-order valence-electron chi connectivity index (χ0n) is 17.0. The highest BCUT2D eigenvalue weighted by molar-refractivity contribution is 6.07. The molecule has 1 fully saturated rings. The predicted octanol–water partition coefficient (Wildman–Crippen LogP) is 2.50. The van der Waals surface area contributed by atoms with Gasteiger partial charge in [0.1, 0.15) is 5.41 Å². The van der Waals surface area contributed by atoms with E-state index in [4.69, 9.17) is 9.47 Å². The van der Waals surface area contributed by atoms with Crippen molar-refractivity contribution in [3.05, 3.63) is 59.7 Å². The number of amides is 2. The zero-order valence-corrected chi connectivity index (χ0v) is 17.0. The fourth-order valence-corrected chi connectivity index (χ4v) is 3.34. The smallest absolute Gasteiger partial charge is 0.235 e. The van der Waals surface area contributed by atoms with Gasteiger partial charge in [-0.25, -0.2) is 0 Å². The van der Waals surface area contributed by atoms with E-state index in [-0.39, 0.29) is 11.8 Å². The molecule has 29 heavy (non-hydrogen) atoms. The maximum Gasteiger partial charge on any atom is 0.235 e. The molecule has 0 heterocycles. The summed E-state index contributed by atoms with van der Waals surface area (Å²) in [6.07, 6.45) is 2.61. The van der Waals surface area contributed by atoms with E-state index in [1.165, 1.54) is 0 Å². The second kappa shape index (κ2) is 9.45. The van der Waals surface area contributed by atoms with Gasteiger partial charge in [-0.3, -0.25) is 9.59 Å². The van der Waals surface area contributed by atoms with Crippen molar-refractivity contribution in [2.24, 2.45) is 5.41 Å². The van der Waals surface area contributed by atoms with Gasteiger partial charge in [0.05, 0.1) is 14.2 Å². The quantitative estimate of drug-likeness (QED) is 0.605. The summed E-state index contributed by atoms with van der Waals surface area (Å²) in [5.74, 6) is 0.976. The summed E-state index contributed by atoms with van der Waals surface area (Å²) in [4.78, 5) is 25.1. The third-order valence-electron chi connectivity index (χ3n) is 5.31. The van der Waals surface area contributed by atoms with Crippen LogP contribution < -0.4 is 20.1 Å². The molecule has 2 aromatic rings. The normalized spacial score (nSPS) is 14.0. The molecule has 0 unspecified atom stereocenters. The zero-order chi connectivity index (χ0) is 20.7. The van der Waals surface area contributed by atoms with Crippen molar-refractivity contribution in [1.29, 1.82) is 0 Å². The molecule has 154 valence electrons. The lowest BCUT2D eigenvalue weighted by Crippen LogP contribution is -2.44. The Labute approximate surface area is 171 Å². The molecule has 2 N–H and O–H groups in total. The van der Waals surface area contributed by atoms with Gasteiger partial charge < -0.3 is 20.1 Å². The average molecular weight is 396 g/mol. The Bertz CT molecular complexity index is 847. The van der Waals surface area contributed by atoms with Crippen LogP contribution in [0.2, 0.25) is 0 Å². The third-order valence-corrected chi connectivity index (χ3v) is 5.31. The first-order valence-electron chi connectivity index (χ1n) is 9.90. The minimum Gasteiger partial charge on any atom is -0.493 e. The van der Waals surface area contributed by atoms with E-state index in [0.717, 1.165) is 17.5 Å². The van der Waals surface area contributed by atoms with Crippen LogP contribution in [-0.4, -0.2) is 39.1 Å². The number of carbonyl (C=O) groups is 2. The van der Waals surface area contributed by atoms with E-state index in [1.54, 1.807) is 14.2 Å². The predicted molar refractivity (Wildman–Crippen MR) is 111 cm³/mol. The van der Waals surface area contributed by atoms with Gasteiger partial charge in [-0.1, -0.05) is 36.4 Å². The topological polar surface area (TPSA) is 76.7 Å². The summed E-state index contributed by atoms with van der Waals surface area (Å²) in [6, 6.07) is 15.7. The molecule has 0 spiro atoms. The van der Waals surface area contributed by atoms with Crippen LogP contribution >= 0.6 is 0 Å². The second-order valence-corrected chi connectivity index (χ2v) is 7.27. The van der Waals surface area contributed by atoms with E-state index in [1.807, 2.05) is 48.5 Å². The van der Waals surface area contributed by atoms with Gasteiger partial charge >= 0.3 is 0 Å². The SMILES string of the molecule is COc1ccc(CCNC(=O)C2(C(=O)NCCc3ccccc3)CC2)cc1OC. The number of hydrogen-bond donors (Lipinski definition) is 2. The fourth-order valence-electron chi connectivity index (χ4n) is 3.34. The Balaban J connectivity index is 1.45. The first-order valence-corrected chi connectivity index (χ1v) is 9.90. The Morgan fingerprint density at radius 3 is 1.97 bits per heavy atom. The van der Waals surface area contributed by atoms with Gasteiger partial charge in [0.2, 0.25) is 11.8 Å². The molecule has 2 amide bonds. The van der Waals surface area contributed by atoms with Crippen molar-refractivity contribution in [3.63, 3.8) is 0 Å². The molecule has 2 aromatic carbocycles. The maximum atomic E-state index is 12.6. The molecule has 0 aliphatic heterocycles. The molecule has 1 saturated carbocycles. The molecular weight excluding hydrogens is 368 g/mol. The molecule has 0 atom stereocenters. The first-order chi connectivity index (χ1) is 14.1. The van der Waals surface area contributed by atoms with Crippen LogP contribution in [0.3, 0.4) is 0 Å². The van der Waals surface area contributed by atoms with Gasteiger partial charge in [0.25, 0.3) is 0 Å². The lowest BCUT2D eigenvalue weighted by atomic mass is 10.0. The van der Waals surface area contributed by atoms with Crippen molar-refractivity contribution >= 4 is 11.8 Å². The number of methoxy groups -OCH3 is 2. The molecule has 0 radical (unpaired) electrons. The van der Waals surface area contributed by atoms with Crippen LogP contribution in [0, 0.1) is 5.41 Å². The Kier molecular flexibility index (Phi) is 6.75. The Hall–Kier alpha value is -3.02. The summed E-state index contributed by atoms with van der Waals surface area (Å²) in [7, 11) is 3.19. The number of carbonyl (C=O) groups excluding carboxylic acids is 2. The van der Waals surface area contributed by atoms with Gasteiger partial charge in [-0.2, -0.15) is 0 Å². The molecular formula is C23H28N2O4. The van der Waals surface area contributed by atoms with Crippen molar-refractivity contribution in [2.45, 2.75) is 25.7 Å². The summed E-state index contributed by atoms with van der Waals surface area (Å²) in [5.41, 5.74) is 1.30. The van der Waals surface area contributed by atoms with Gasteiger partial charge in [0.15, 0.2) is 11.5 Å². The maximum absolute atomic E-state index is 12.6. The standard InChI is InChI=1S/C23H28N2O4/c1-28-19-9-8-18(16-20(19)29-2)11-15-25-22(27)23(12-13-23)21(26)24-14-10-17-6-4-3-5-7-17/h3-9,16H,10-15H2,1-2H3,(H,24,26)(H,25,27). The Morgan fingerprint density at radius 1 is 0.828 bits per heavy atom. The first kappa shape index (κ1) is 20.7. The van der Waals surface area contributed by atoms with Crippen LogP contribution in [0.25, 0.3) is 0 Å². The summed E-state index contributed by atoms with van der Waals surface area (Å²) < 4.78 is 10.5. The number of hydrogen-bond acceptors (Lipinski definition) is 4. The van der Waals surface area contributed by atoms with Crippen molar-refractivity contribution in [3.8, 4) is 11.5 Å².